The molecule has 3 aromatic rings. The quantitative estimate of drug-likeness (QED) is 0.690. The third kappa shape index (κ3) is 2.62. The van der Waals surface area contributed by atoms with Crippen LogP contribution in [-0.4, -0.2) is 14.6 Å². The largest absolute Gasteiger partial charge is 0.217 e. The fourth-order valence-electron chi connectivity index (χ4n) is 1.97. The lowest BCUT2D eigenvalue weighted by molar-refractivity contribution is 0.621. The van der Waals surface area contributed by atoms with Crippen LogP contribution in [0, 0.1) is 11.7 Å². The minimum atomic E-state index is -0.271. The number of imidazole rings is 1. The van der Waals surface area contributed by atoms with Gasteiger partial charge in [-0.3, -0.25) is 0 Å². The molecule has 0 amide bonds. The second-order valence-corrected chi connectivity index (χ2v) is 6.97. The van der Waals surface area contributed by atoms with Crippen LogP contribution in [0.5, 0.6) is 0 Å². The molecular weight excluding hydrogens is 341 g/mol. The number of nitrogens with zero attached hydrogens (tertiary/aromatic N) is 3. The molecular formula is C14H13BrFN3S. The topological polar surface area (TPSA) is 30.2 Å². The number of aromatic nitrogens is 3. The molecule has 3 rings (SSSR count). The van der Waals surface area contributed by atoms with Gasteiger partial charge in [0.2, 0.25) is 4.96 Å². The summed E-state index contributed by atoms with van der Waals surface area (Å²) in [5.74, 6) is 0.311. The molecule has 0 saturated carbocycles. The van der Waals surface area contributed by atoms with Gasteiger partial charge in [0.1, 0.15) is 10.8 Å². The molecule has 0 spiro atoms. The summed E-state index contributed by atoms with van der Waals surface area (Å²) < 4.78 is 15.5. The maximum atomic E-state index is 13.3. The molecule has 6 heteroatoms. The maximum Gasteiger partial charge on any atom is 0.212 e. The van der Waals surface area contributed by atoms with Crippen molar-refractivity contribution in [3.05, 3.63) is 39.7 Å². The van der Waals surface area contributed by atoms with Crippen molar-refractivity contribution in [3.8, 4) is 11.3 Å². The Labute approximate surface area is 128 Å². The summed E-state index contributed by atoms with van der Waals surface area (Å²) in [4.78, 5) is 5.43. The molecule has 2 heterocycles. The van der Waals surface area contributed by atoms with Crippen LogP contribution in [-0.2, 0) is 6.42 Å². The van der Waals surface area contributed by atoms with Gasteiger partial charge in [0.25, 0.3) is 0 Å². The van der Waals surface area contributed by atoms with Crippen molar-refractivity contribution in [1.29, 1.82) is 0 Å². The lowest BCUT2D eigenvalue weighted by atomic mass is 10.1. The standard InChI is InChI=1S/C14H13BrFN3S/c1-8(2)5-13-18-19-7-12(17-14(19)20-13)9-3-4-11(16)10(15)6-9/h3-4,6-8H,5H2,1-2H3. The Morgan fingerprint density at radius 3 is 2.85 bits per heavy atom. The fourth-order valence-corrected chi connectivity index (χ4v) is 3.43. The van der Waals surface area contributed by atoms with E-state index in [1.54, 1.807) is 28.0 Å². The van der Waals surface area contributed by atoms with Crippen LogP contribution in [0.2, 0.25) is 0 Å². The van der Waals surface area contributed by atoms with Gasteiger partial charge in [0.05, 0.1) is 16.4 Å². The predicted molar refractivity (Wildman–Crippen MR) is 82.5 cm³/mol. The third-order valence-corrected chi connectivity index (χ3v) is 4.44. The Balaban J connectivity index is 1.96. The molecule has 0 aliphatic rings. The minimum Gasteiger partial charge on any atom is -0.217 e. The van der Waals surface area contributed by atoms with Crippen molar-refractivity contribution >= 4 is 32.2 Å². The monoisotopic (exact) mass is 353 g/mol. The van der Waals surface area contributed by atoms with Crippen LogP contribution in [0.4, 0.5) is 4.39 Å². The Kier molecular flexibility index (Phi) is 3.60. The number of hydrogen-bond donors (Lipinski definition) is 0. The second-order valence-electron chi connectivity index (χ2n) is 5.08. The highest BCUT2D eigenvalue weighted by Gasteiger charge is 2.11. The molecule has 2 aromatic heterocycles. The van der Waals surface area contributed by atoms with Crippen LogP contribution >= 0.6 is 27.3 Å². The molecule has 0 aliphatic carbocycles. The molecule has 0 fully saturated rings. The van der Waals surface area contributed by atoms with E-state index >= 15 is 0 Å². The van der Waals surface area contributed by atoms with Crippen molar-refractivity contribution in [1.82, 2.24) is 14.6 Å². The lowest BCUT2D eigenvalue weighted by Crippen LogP contribution is -1.94. The summed E-state index contributed by atoms with van der Waals surface area (Å²) in [5.41, 5.74) is 1.68. The molecule has 104 valence electrons. The van der Waals surface area contributed by atoms with Crippen molar-refractivity contribution in [2.24, 2.45) is 5.92 Å². The Morgan fingerprint density at radius 1 is 1.40 bits per heavy atom. The van der Waals surface area contributed by atoms with Gasteiger partial charge >= 0.3 is 0 Å². The van der Waals surface area contributed by atoms with Gasteiger partial charge in [0.15, 0.2) is 0 Å². The van der Waals surface area contributed by atoms with E-state index in [4.69, 9.17) is 0 Å². The summed E-state index contributed by atoms with van der Waals surface area (Å²) in [6, 6.07) is 4.89. The molecule has 0 bridgehead atoms. The molecule has 1 aromatic carbocycles. The number of hydrogen-bond acceptors (Lipinski definition) is 3. The zero-order valence-corrected chi connectivity index (χ0v) is 13.5. The van der Waals surface area contributed by atoms with Gasteiger partial charge in [-0.05, 0) is 40.0 Å². The fraction of sp³-hybridized carbons (Fsp3) is 0.286. The van der Waals surface area contributed by atoms with Gasteiger partial charge in [-0.2, -0.15) is 5.10 Å². The summed E-state index contributed by atoms with van der Waals surface area (Å²) in [6.07, 6.45) is 2.85. The van der Waals surface area contributed by atoms with E-state index in [0.717, 1.165) is 27.6 Å². The first kappa shape index (κ1) is 13.7. The SMILES string of the molecule is CC(C)Cc1nn2cc(-c3ccc(F)c(Br)c3)nc2s1. The molecule has 0 N–H and O–H groups in total. The first-order chi connectivity index (χ1) is 9.52. The normalized spacial score (nSPS) is 11.7. The van der Waals surface area contributed by atoms with E-state index in [1.165, 1.54) is 6.07 Å². The predicted octanol–water partition coefficient (Wildman–Crippen LogP) is 4.56. The molecule has 0 unspecified atom stereocenters. The number of rotatable bonds is 3. The van der Waals surface area contributed by atoms with E-state index in [-0.39, 0.29) is 5.82 Å². The Bertz CT molecular complexity index is 731. The maximum absolute atomic E-state index is 13.3. The van der Waals surface area contributed by atoms with Crippen LogP contribution in [0.1, 0.15) is 18.9 Å². The molecule has 0 atom stereocenters. The van der Waals surface area contributed by atoms with E-state index < -0.39 is 0 Å². The third-order valence-electron chi connectivity index (χ3n) is 2.88. The average Bonchev–Trinajstić information content (AvgIpc) is 2.89. The smallest absolute Gasteiger partial charge is 0.212 e. The highest BCUT2D eigenvalue weighted by atomic mass is 79.9. The van der Waals surface area contributed by atoms with Gasteiger partial charge in [-0.25, -0.2) is 13.9 Å². The van der Waals surface area contributed by atoms with Crippen LogP contribution in [0.25, 0.3) is 16.2 Å². The first-order valence-corrected chi connectivity index (χ1v) is 7.94. The summed E-state index contributed by atoms with van der Waals surface area (Å²) in [7, 11) is 0. The van der Waals surface area contributed by atoms with E-state index in [2.05, 4.69) is 39.9 Å². The van der Waals surface area contributed by atoms with Crippen LogP contribution in [0.3, 0.4) is 0 Å². The Morgan fingerprint density at radius 2 is 2.20 bits per heavy atom. The number of benzene rings is 1. The average molecular weight is 354 g/mol. The Hall–Kier alpha value is -1.27. The van der Waals surface area contributed by atoms with Crippen molar-refractivity contribution in [3.63, 3.8) is 0 Å². The molecule has 0 saturated heterocycles. The van der Waals surface area contributed by atoms with Crippen molar-refractivity contribution < 1.29 is 4.39 Å². The van der Waals surface area contributed by atoms with E-state index in [9.17, 15) is 4.39 Å². The molecule has 0 aliphatic heterocycles. The summed E-state index contributed by atoms with van der Waals surface area (Å²) in [5, 5.41) is 5.62. The van der Waals surface area contributed by atoms with Crippen molar-refractivity contribution in [2.75, 3.05) is 0 Å². The highest BCUT2D eigenvalue weighted by Crippen LogP contribution is 2.26. The first-order valence-electron chi connectivity index (χ1n) is 6.33. The minimum absolute atomic E-state index is 0.271. The molecule has 0 radical (unpaired) electrons. The van der Waals surface area contributed by atoms with Gasteiger partial charge in [-0.15, -0.1) is 0 Å². The van der Waals surface area contributed by atoms with Crippen LogP contribution < -0.4 is 0 Å². The van der Waals surface area contributed by atoms with Crippen molar-refractivity contribution in [2.45, 2.75) is 20.3 Å². The lowest BCUT2D eigenvalue weighted by Gasteiger charge is -1.99. The number of fused-ring (bicyclic) bond motifs is 1. The van der Waals surface area contributed by atoms with E-state index in [1.807, 2.05) is 6.20 Å². The molecule has 3 nitrogen and oxygen atoms in total. The van der Waals surface area contributed by atoms with Gasteiger partial charge in [-0.1, -0.05) is 25.2 Å². The number of halogens is 2. The zero-order chi connectivity index (χ0) is 14.3. The molecule has 20 heavy (non-hydrogen) atoms. The van der Waals surface area contributed by atoms with Gasteiger partial charge in [0, 0.05) is 12.0 Å². The second kappa shape index (κ2) is 5.26. The summed E-state index contributed by atoms with van der Waals surface area (Å²) >= 11 is 4.80. The zero-order valence-electron chi connectivity index (χ0n) is 11.1. The summed E-state index contributed by atoms with van der Waals surface area (Å²) in [6.45, 7) is 4.34. The van der Waals surface area contributed by atoms with Gasteiger partial charge < -0.3 is 0 Å². The van der Waals surface area contributed by atoms with E-state index in [0.29, 0.717) is 10.4 Å². The highest BCUT2D eigenvalue weighted by molar-refractivity contribution is 9.10. The van der Waals surface area contributed by atoms with Crippen LogP contribution in [0.15, 0.2) is 28.9 Å².